The normalized spacial score (nSPS) is 9.00. The van der Waals surface area contributed by atoms with E-state index < -0.39 is 0 Å². The second-order valence-electron chi connectivity index (χ2n) is 3.46. The number of hydrogen-bond acceptors (Lipinski definition) is 3. The Morgan fingerprint density at radius 3 is 2.47 bits per heavy atom. The van der Waals surface area contributed by atoms with Gasteiger partial charge in [0.1, 0.15) is 0 Å². The lowest BCUT2D eigenvalue weighted by atomic mass is 10.1. The fourth-order valence-electron chi connectivity index (χ4n) is 1.26. The van der Waals surface area contributed by atoms with Gasteiger partial charge in [-0.2, -0.15) is 0 Å². The molecule has 0 radical (unpaired) electrons. The van der Waals surface area contributed by atoms with Crippen molar-refractivity contribution in [3.63, 3.8) is 0 Å². The van der Waals surface area contributed by atoms with Crippen molar-refractivity contribution in [2.24, 2.45) is 0 Å². The van der Waals surface area contributed by atoms with E-state index in [9.17, 15) is 4.79 Å². The average Bonchev–Trinajstić information content (AvgIpc) is 2.42. The van der Waals surface area contributed by atoms with Gasteiger partial charge in [0.2, 0.25) is 5.91 Å². The number of hydrogen-bond donors (Lipinski definition) is 2. The quantitative estimate of drug-likeness (QED) is 0.640. The predicted octanol–water partition coefficient (Wildman–Crippen LogP) is 1.89. The van der Waals surface area contributed by atoms with Crippen molar-refractivity contribution in [2.45, 2.75) is 20.3 Å². The summed E-state index contributed by atoms with van der Waals surface area (Å²) in [5.74, 6) is -0.119. The number of thiocarbonyl (C=S) groups is 1. The number of methoxy groups -OCH3 is 1. The van der Waals surface area contributed by atoms with Crippen molar-refractivity contribution in [2.75, 3.05) is 20.3 Å². The third-order valence-electron chi connectivity index (χ3n) is 2.05. The molecular formula is C14H22N2O2S. The van der Waals surface area contributed by atoms with Gasteiger partial charge in [-0.25, -0.2) is 0 Å². The minimum atomic E-state index is -0.119. The average molecular weight is 282 g/mol. The van der Waals surface area contributed by atoms with Gasteiger partial charge in [0.25, 0.3) is 0 Å². The third kappa shape index (κ3) is 9.16. The zero-order chi connectivity index (χ0) is 14.5. The van der Waals surface area contributed by atoms with Crippen molar-refractivity contribution in [1.29, 1.82) is 0 Å². The molecule has 0 bridgehead atoms. The molecule has 4 nitrogen and oxygen atoms in total. The molecule has 0 aliphatic rings. The summed E-state index contributed by atoms with van der Waals surface area (Å²) in [6, 6.07) is 9.52. The highest BCUT2D eigenvalue weighted by atomic mass is 32.1. The Morgan fingerprint density at radius 2 is 1.89 bits per heavy atom. The largest absolute Gasteiger partial charge is 0.383 e. The van der Waals surface area contributed by atoms with Gasteiger partial charge in [-0.15, -0.1) is 0 Å². The zero-order valence-corrected chi connectivity index (χ0v) is 12.5. The fraction of sp³-hybridized carbons (Fsp3) is 0.429. The molecule has 0 saturated carbocycles. The minimum Gasteiger partial charge on any atom is -0.383 e. The highest BCUT2D eigenvalue weighted by molar-refractivity contribution is 7.80. The molecule has 19 heavy (non-hydrogen) atoms. The lowest BCUT2D eigenvalue weighted by molar-refractivity contribution is -0.119. The Bertz CT molecular complexity index is 369. The van der Waals surface area contributed by atoms with Gasteiger partial charge in [-0.05, 0) is 17.8 Å². The number of carbonyl (C=O) groups excluding carboxylic acids is 1. The minimum absolute atomic E-state index is 0.119. The molecule has 2 N–H and O–H groups in total. The van der Waals surface area contributed by atoms with E-state index in [4.69, 9.17) is 17.0 Å². The van der Waals surface area contributed by atoms with Crippen LogP contribution in [0, 0.1) is 0 Å². The number of carbonyl (C=O) groups is 1. The molecule has 1 aromatic rings. The topological polar surface area (TPSA) is 50.4 Å². The summed E-state index contributed by atoms with van der Waals surface area (Å²) >= 11 is 4.96. The summed E-state index contributed by atoms with van der Waals surface area (Å²) in [4.78, 5) is 11.6. The molecule has 0 aliphatic carbocycles. The van der Waals surface area contributed by atoms with Crippen LogP contribution in [-0.4, -0.2) is 31.3 Å². The molecule has 0 unspecified atom stereocenters. The van der Waals surface area contributed by atoms with E-state index in [-0.39, 0.29) is 5.91 Å². The van der Waals surface area contributed by atoms with Gasteiger partial charge < -0.3 is 15.4 Å². The second-order valence-corrected chi connectivity index (χ2v) is 3.87. The fourth-order valence-corrected chi connectivity index (χ4v) is 1.48. The first-order valence-corrected chi connectivity index (χ1v) is 6.73. The highest BCUT2D eigenvalue weighted by Crippen LogP contribution is 1.98. The zero-order valence-electron chi connectivity index (χ0n) is 11.7. The molecular weight excluding hydrogens is 260 g/mol. The Balaban J connectivity index is 0.00000154. The number of rotatable bonds is 5. The molecule has 1 aromatic carbocycles. The summed E-state index contributed by atoms with van der Waals surface area (Å²) in [5, 5.41) is 5.82. The number of benzene rings is 1. The van der Waals surface area contributed by atoms with Gasteiger partial charge in [-0.1, -0.05) is 44.2 Å². The predicted molar refractivity (Wildman–Crippen MR) is 82.1 cm³/mol. The Kier molecular flexibility index (Phi) is 10.7. The van der Waals surface area contributed by atoms with E-state index in [0.29, 0.717) is 24.7 Å². The molecule has 0 atom stereocenters. The summed E-state index contributed by atoms with van der Waals surface area (Å²) in [6.07, 6.45) is 0.326. The van der Waals surface area contributed by atoms with Crippen LogP contribution in [0.3, 0.4) is 0 Å². The van der Waals surface area contributed by atoms with Crippen molar-refractivity contribution in [3.05, 3.63) is 35.9 Å². The van der Waals surface area contributed by atoms with Crippen LogP contribution in [-0.2, 0) is 16.0 Å². The molecule has 106 valence electrons. The van der Waals surface area contributed by atoms with Gasteiger partial charge in [0, 0.05) is 13.7 Å². The number of ether oxygens (including phenoxy) is 1. The Labute approximate surface area is 120 Å². The molecule has 0 aromatic heterocycles. The van der Waals surface area contributed by atoms with Crippen LogP contribution in [0.25, 0.3) is 0 Å². The van der Waals surface area contributed by atoms with Gasteiger partial charge in [-0.3, -0.25) is 4.79 Å². The summed E-state index contributed by atoms with van der Waals surface area (Å²) in [7, 11) is 1.61. The summed E-state index contributed by atoms with van der Waals surface area (Å²) < 4.78 is 4.86. The first kappa shape index (κ1) is 17.5. The van der Waals surface area contributed by atoms with Crippen LogP contribution < -0.4 is 10.6 Å². The molecule has 0 saturated heterocycles. The van der Waals surface area contributed by atoms with E-state index in [1.807, 2.05) is 44.2 Å². The highest BCUT2D eigenvalue weighted by Gasteiger charge is 2.04. The first-order valence-electron chi connectivity index (χ1n) is 6.33. The van der Waals surface area contributed by atoms with Crippen molar-refractivity contribution in [1.82, 2.24) is 10.6 Å². The molecule has 0 fully saturated rings. The van der Waals surface area contributed by atoms with Crippen LogP contribution >= 0.6 is 12.2 Å². The Hall–Kier alpha value is -1.46. The van der Waals surface area contributed by atoms with E-state index in [2.05, 4.69) is 10.6 Å². The van der Waals surface area contributed by atoms with Crippen LogP contribution in [0.4, 0.5) is 0 Å². The smallest absolute Gasteiger partial charge is 0.230 e. The molecule has 0 aliphatic heterocycles. The monoisotopic (exact) mass is 282 g/mol. The molecule has 5 heteroatoms. The standard InChI is InChI=1S/C12H16N2O2S.C2H6/c1-16-8-7-13-12(17)14-11(15)9-10-5-3-2-4-6-10;1-2/h2-6H,7-9H2,1H3,(H2,13,14,15,17);1-2H3. The maximum absolute atomic E-state index is 11.6. The lowest BCUT2D eigenvalue weighted by Crippen LogP contribution is -2.41. The van der Waals surface area contributed by atoms with Crippen LogP contribution in [0.2, 0.25) is 0 Å². The Morgan fingerprint density at radius 1 is 1.26 bits per heavy atom. The van der Waals surface area contributed by atoms with Gasteiger partial charge in [0.05, 0.1) is 13.0 Å². The number of nitrogens with one attached hydrogen (secondary N) is 2. The van der Waals surface area contributed by atoms with E-state index in [1.165, 1.54) is 0 Å². The van der Waals surface area contributed by atoms with Crippen LogP contribution in [0.5, 0.6) is 0 Å². The van der Waals surface area contributed by atoms with Crippen molar-refractivity contribution < 1.29 is 9.53 Å². The molecule has 1 amide bonds. The van der Waals surface area contributed by atoms with Crippen molar-refractivity contribution >= 4 is 23.2 Å². The second kappa shape index (κ2) is 11.6. The van der Waals surface area contributed by atoms with E-state index >= 15 is 0 Å². The molecule has 0 spiro atoms. The SMILES string of the molecule is CC.COCCNC(=S)NC(=O)Cc1ccccc1. The summed E-state index contributed by atoms with van der Waals surface area (Å²) in [5.41, 5.74) is 0.963. The summed E-state index contributed by atoms with van der Waals surface area (Å²) in [6.45, 7) is 5.13. The number of amides is 1. The van der Waals surface area contributed by atoms with E-state index in [1.54, 1.807) is 7.11 Å². The van der Waals surface area contributed by atoms with Gasteiger partial charge >= 0.3 is 0 Å². The maximum Gasteiger partial charge on any atom is 0.230 e. The third-order valence-corrected chi connectivity index (χ3v) is 2.30. The van der Waals surface area contributed by atoms with Crippen molar-refractivity contribution in [3.8, 4) is 0 Å². The van der Waals surface area contributed by atoms with Gasteiger partial charge in [0.15, 0.2) is 5.11 Å². The lowest BCUT2D eigenvalue weighted by Gasteiger charge is -2.08. The van der Waals surface area contributed by atoms with Crippen LogP contribution in [0.15, 0.2) is 30.3 Å². The van der Waals surface area contributed by atoms with E-state index in [0.717, 1.165) is 5.56 Å². The molecule has 1 rings (SSSR count). The maximum atomic E-state index is 11.6. The first-order chi connectivity index (χ1) is 9.22. The van der Waals surface area contributed by atoms with Crippen LogP contribution in [0.1, 0.15) is 19.4 Å². The molecule has 0 heterocycles.